The Morgan fingerprint density at radius 3 is 2.78 bits per heavy atom. The maximum absolute atomic E-state index is 12.1. The average molecular weight is 343 g/mol. The van der Waals surface area contributed by atoms with Crippen LogP contribution in [0.15, 0.2) is 24.3 Å². The van der Waals surface area contributed by atoms with Crippen LogP contribution in [0.1, 0.15) is 33.1 Å². The summed E-state index contributed by atoms with van der Waals surface area (Å²) >= 11 is 0. The number of nitrogens with two attached hydrogens (primary N) is 1. The second kappa shape index (κ2) is 9.75. The van der Waals surface area contributed by atoms with Crippen LogP contribution >= 0.6 is 12.4 Å². The fourth-order valence-electron chi connectivity index (χ4n) is 2.30. The van der Waals surface area contributed by atoms with E-state index in [1.54, 1.807) is 0 Å². The summed E-state index contributed by atoms with van der Waals surface area (Å²) in [5, 5.41) is 2.89. The molecule has 1 aliphatic heterocycles. The summed E-state index contributed by atoms with van der Waals surface area (Å²) in [4.78, 5) is 12.1. The number of rotatable bonds is 6. The number of hydrogen-bond donors (Lipinski definition) is 2. The van der Waals surface area contributed by atoms with E-state index in [4.69, 9.17) is 15.2 Å². The minimum absolute atomic E-state index is 0. The van der Waals surface area contributed by atoms with E-state index < -0.39 is 0 Å². The van der Waals surface area contributed by atoms with Gasteiger partial charge in [0, 0.05) is 12.6 Å². The molecular weight excluding hydrogens is 316 g/mol. The van der Waals surface area contributed by atoms with Crippen LogP contribution < -0.4 is 15.8 Å². The van der Waals surface area contributed by atoms with Crippen molar-refractivity contribution in [2.75, 3.05) is 18.5 Å². The Kier molecular flexibility index (Phi) is 8.37. The number of hydrogen-bond acceptors (Lipinski definition) is 4. The number of anilines is 1. The van der Waals surface area contributed by atoms with Gasteiger partial charge in [-0.3, -0.25) is 4.79 Å². The Bertz CT molecular complexity index is 490. The van der Waals surface area contributed by atoms with Crippen LogP contribution in [0.3, 0.4) is 0 Å². The molecule has 0 radical (unpaired) electrons. The maximum Gasteiger partial charge on any atom is 0.228 e. The third-order valence-corrected chi connectivity index (χ3v) is 4.05. The molecule has 3 N–H and O–H groups in total. The van der Waals surface area contributed by atoms with Gasteiger partial charge in [0.05, 0.1) is 17.7 Å². The van der Waals surface area contributed by atoms with Crippen molar-refractivity contribution >= 4 is 24.0 Å². The van der Waals surface area contributed by atoms with Crippen LogP contribution in [0, 0.1) is 5.92 Å². The fraction of sp³-hybridized carbons (Fsp3) is 0.588. The molecule has 0 saturated carbocycles. The van der Waals surface area contributed by atoms with Crippen molar-refractivity contribution in [3.05, 3.63) is 24.3 Å². The minimum atomic E-state index is -0.255. The van der Waals surface area contributed by atoms with Gasteiger partial charge in [-0.05, 0) is 38.3 Å². The van der Waals surface area contributed by atoms with Crippen molar-refractivity contribution in [2.24, 2.45) is 11.7 Å². The third-order valence-electron chi connectivity index (χ3n) is 4.05. The van der Waals surface area contributed by atoms with E-state index in [1.807, 2.05) is 38.1 Å². The molecule has 1 amide bonds. The average Bonchev–Trinajstić information content (AvgIpc) is 2.54. The molecule has 0 aromatic heterocycles. The number of carbonyl (C=O) groups excluding carboxylic acids is 1. The van der Waals surface area contributed by atoms with Gasteiger partial charge in [0.25, 0.3) is 0 Å². The summed E-state index contributed by atoms with van der Waals surface area (Å²) in [6.07, 6.45) is 3.47. The largest absolute Gasteiger partial charge is 0.489 e. The van der Waals surface area contributed by atoms with E-state index in [0.717, 1.165) is 19.4 Å². The number of carbonyl (C=O) groups is 1. The van der Waals surface area contributed by atoms with Gasteiger partial charge in [0.2, 0.25) is 5.91 Å². The highest BCUT2D eigenvalue weighted by Gasteiger charge is 2.19. The number of halogens is 1. The molecule has 23 heavy (non-hydrogen) atoms. The SMILES string of the molecule is CC(N)C(C)C(=O)Nc1ccccc1OCC1CCCCO1.Cl. The summed E-state index contributed by atoms with van der Waals surface area (Å²) in [5.41, 5.74) is 6.45. The molecule has 0 aliphatic carbocycles. The molecule has 0 spiro atoms. The Hall–Kier alpha value is -1.30. The lowest BCUT2D eigenvalue weighted by atomic mass is 10.0. The van der Waals surface area contributed by atoms with Gasteiger partial charge in [-0.1, -0.05) is 19.1 Å². The first kappa shape index (κ1) is 19.7. The molecule has 1 saturated heterocycles. The van der Waals surface area contributed by atoms with E-state index in [1.165, 1.54) is 6.42 Å². The lowest BCUT2D eigenvalue weighted by molar-refractivity contribution is -0.119. The summed E-state index contributed by atoms with van der Waals surface area (Å²) < 4.78 is 11.5. The molecule has 1 aromatic rings. The number of amides is 1. The normalized spacial score (nSPS) is 20.0. The van der Waals surface area contributed by atoms with E-state index in [-0.39, 0.29) is 36.4 Å². The fourth-order valence-corrected chi connectivity index (χ4v) is 2.30. The topological polar surface area (TPSA) is 73.6 Å². The molecule has 3 unspecified atom stereocenters. The second-order valence-corrected chi connectivity index (χ2v) is 5.93. The molecular formula is C17H27ClN2O3. The van der Waals surface area contributed by atoms with Crippen LogP contribution in [-0.4, -0.2) is 31.3 Å². The van der Waals surface area contributed by atoms with Gasteiger partial charge in [-0.15, -0.1) is 12.4 Å². The lowest BCUT2D eigenvalue weighted by Gasteiger charge is -2.23. The summed E-state index contributed by atoms with van der Waals surface area (Å²) in [6.45, 7) is 4.96. The van der Waals surface area contributed by atoms with Gasteiger partial charge in [-0.2, -0.15) is 0 Å². The van der Waals surface area contributed by atoms with Crippen molar-refractivity contribution in [1.29, 1.82) is 0 Å². The Balaban J connectivity index is 0.00000264. The Morgan fingerprint density at radius 1 is 1.39 bits per heavy atom. The second-order valence-electron chi connectivity index (χ2n) is 5.93. The molecule has 1 aliphatic rings. The van der Waals surface area contributed by atoms with Crippen molar-refractivity contribution in [2.45, 2.75) is 45.3 Å². The first-order chi connectivity index (χ1) is 10.6. The molecule has 130 valence electrons. The zero-order valence-electron chi connectivity index (χ0n) is 13.8. The number of benzene rings is 1. The standard InChI is InChI=1S/C17H26N2O3.ClH/c1-12(13(2)18)17(20)19-15-8-3-4-9-16(15)22-11-14-7-5-6-10-21-14;/h3-4,8-9,12-14H,5-7,10-11,18H2,1-2H3,(H,19,20);1H. The molecule has 0 bridgehead atoms. The van der Waals surface area contributed by atoms with E-state index >= 15 is 0 Å². The van der Waals surface area contributed by atoms with Crippen molar-refractivity contribution in [3.63, 3.8) is 0 Å². The van der Waals surface area contributed by atoms with Gasteiger partial charge < -0.3 is 20.5 Å². The molecule has 6 heteroatoms. The highest BCUT2D eigenvalue weighted by Crippen LogP contribution is 2.25. The number of para-hydroxylation sites is 2. The number of ether oxygens (including phenoxy) is 2. The predicted octanol–water partition coefficient (Wildman–Crippen LogP) is 2.98. The van der Waals surface area contributed by atoms with Gasteiger partial charge >= 0.3 is 0 Å². The summed E-state index contributed by atoms with van der Waals surface area (Å²) in [7, 11) is 0. The molecule has 2 rings (SSSR count). The van der Waals surface area contributed by atoms with Crippen LogP contribution in [0.2, 0.25) is 0 Å². The van der Waals surface area contributed by atoms with E-state index in [0.29, 0.717) is 18.0 Å². The van der Waals surface area contributed by atoms with Gasteiger partial charge in [-0.25, -0.2) is 0 Å². The first-order valence-corrected chi connectivity index (χ1v) is 7.98. The minimum Gasteiger partial charge on any atom is -0.489 e. The van der Waals surface area contributed by atoms with Crippen molar-refractivity contribution < 1.29 is 14.3 Å². The maximum atomic E-state index is 12.1. The zero-order chi connectivity index (χ0) is 15.9. The number of nitrogens with one attached hydrogen (secondary N) is 1. The van der Waals surface area contributed by atoms with Crippen LogP contribution in [0.4, 0.5) is 5.69 Å². The predicted molar refractivity (Wildman–Crippen MR) is 94.2 cm³/mol. The molecule has 3 atom stereocenters. The first-order valence-electron chi connectivity index (χ1n) is 7.98. The van der Waals surface area contributed by atoms with Gasteiger partial charge in [0.15, 0.2) is 0 Å². The van der Waals surface area contributed by atoms with Crippen molar-refractivity contribution in [1.82, 2.24) is 0 Å². The Morgan fingerprint density at radius 2 is 2.13 bits per heavy atom. The zero-order valence-corrected chi connectivity index (χ0v) is 14.6. The molecule has 5 nitrogen and oxygen atoms in total. The quantitative estimate of drug-likeness (QED) is 0.833. The summed E-state index contributed by atoms with van der Waals surface area (Å²) in [5.74, 6) is 0.316. The monoisotopic (exact) mass is 342 g/mol. The molecule has 1 fully saturated rings. The highest BCUT2D eigenvalue weighted by atomic mass is 35.5. The summed E-state index contributed by atoms with van der Waals surface area (Å²) in [6, 6.07) is 7.26. The lowest BCUT2D eigenvalue weighted by Crippen LogP contribution is -2.34. The smallest absolute Gasteiger partial charge is 0.228 e. The molecule has 1 heterocycles. The van der Waals surface area contributed by atoms with Crippen LogP contribution in [0.5, 0.6) is 5.75 Å². The van der Waals surface area contributed by atoms with E-state index in [2.05, 4.69) is 5.32 Å². The Labute approximate surface area is 144 Å². The van der Waals surface area contributed by atoms with Gasteiger partial charge in [0.1, 0.15) is 12.4 Å². The van der Waals surface area contributed by atoms with E-state index in [9.17, 15) is 4.79 Å². The molecule has 1 aromatic carbocycles. The third kappa shape index (κ3) is 6.01. The van der Waals surface area contributed by atoms with Crippen LogP contribution in [0.25, 0.3) is 0 Å². The highest BCUT2D eigenvalue weighted by molar-refractivity contribution is 5.94. The van der Waals surface area contributed by atoms with Crippen LogP contribution in [-0.2, 0) is 9.53 Å². The van der Waals surface area contributed by atoms with Crippen molar-refractivity contribution in [3.8, 4) is 5.75 Å².